The first kappa shape index (κ1) is 13.6. The number of rotatable bonds is 3. The van der Waals surface area contributed by atoms with Gasteiger partial charge in [0.2, 0.25) is 0 Å². The largest absolute Gasteiger partial charge is 0.497 e. The van der Waals surface area contributed by atoms with E-state index in [9.17, 15) is 0 Å². The molecule has 0 spiro atoms. The Morgan fingerprint density at radius 1 is 1.22 bits per heavy atom. The van der Waals surface area contributed by atoms with Gasteiger partial charge in [-0.2, -0.15) is 0 Å². The molecule has 0 aliphatic heterocycles. The number of halogens is 3. The van der Waals surface area contributed by atoms with Gasteiger partial charge in [0, 0.05) is 22.4 Å². The zero-order valence-electron chi connectivity index (χ0n) is 9.38. The molecule has 0 fully saturated rings. The van der Waals surface area contributed by atoms with Crippen LogP contribution in [-0.4, -0.2) is 12.1 Å². The van der Waals surface area contributed by atoms with E-state index in [2.05, 4.69) is 42.2 Å². The number of methoxy groups -OCH3 is 1. The predicted octanol–water partition coefficient (Wildman–Crippen LogP) is 5.01. The Bertz CT molecular complexity index is 578. The average Bonchev–Trinajstić information content (AvgIpc) is 2.32. The second-order valence-electron chi connectivity index (χ2n) is 3.49. The molecule has 0 aliphatic carbocycles. The van der Waals surface area contributed by atoms with Gasteiger partial charge in [0.05, 0.1) is 16.6 Å². The molecule has 1 N–H and O–H groups in total. The van der Waals surface area contributed by atoms with Gasteiger partial charge in [-0.05, 0) is 34.1 Å². The third-order valence-electron chi connectivity index (χ3n) is 2.18. The first-order chi connectivity index (χ1) is 8.58. The fourth-order valence-corrected chi connectivity index (χ4v) is 2.61. The summed E-state index contributed by atoms with van der Waals surface area (Å²) < 4.78 is 6.92. The SMILES string of the molecule is COc1cc(Br)cc(Nc2ncc(Cl)cc2Br)c1. The van der Waals surface area contributed by atoms with Gasteiger partial charge in [0.25, 0.3) is 0 Å². The summed E-state index contributed by atoms with van der Waals surface area (Å²) in [7, 11) is 1.63. The Balaban J connectivity index is 2.30. The fourth-order valence-electron chi connectivity index (χ4n) is 1.40. The van der Waals surface area contributed by atoms with Crippen LogP contribution in [0.2, 0.25) is 5.02 Å². The zero-order valence-corrected chi connectivity index (χ0v) is 13.3. The van der Waals surface area contributed by atoms with Crippen molar-refractivity contribution in [1.29, 1.82) is 0 Å². The van der Waals surface area contributed by atoms with Crippen molar-refractivity contribution < 1.29 is 4.74 Å². The van der Waals surface area contributed by atoms with Gasteiger partial charge in [-0.3, -0.25) is 0 Å². The molecule has 6 heteroatoms. The number of aromatic nitrogens is 1. The Hall–Kier alpha value is -0.780. The fraction of sp³-hybridized carbons (Fsp3) is 0.0833. The predicted molar refractivity (Wildman–Crippen MR) is 80.9 cm³/mol. The van der Waals surface area contributed by atoms with Gasteiger partial charge in [0.1, 0.15) is 11.6 Å². The molecular weight excluding hydrogens is 383 g/mol. The van der Waals surface area contributed by atoms with Crippen LogP contribution in [0.15, 0.2) is 39.4 Å². The minimum Gasteiger partial charge on any atom is -0.497 e. The first-order valence-electron chi connectivity index (χ1n) is 5.01. The summed E-state index contributed by atoms with van der Waals surface area (Å²) in [5, 5.41) is 3.77. The molecule has 0 aliphatic rings. The van der Waals surface area contributed by atoms with Gasteiger partial charge in [-0.15, -0.1) is 0 Å². The van der Waals surface area contributed by atoms with Gasteiger partial charge in [-0.1, -0.05) is 27.5 Å². The number of hydrogen-bond acceptors (Lipinski definition) is 3. The van der Waals surface area contributed by atoms with Crippen LogP contribution in [-0.2, 0) is 0 Å². The molecule has 0 unspecified atom stereocenters. The molecule has 2 rings (SSSR count). The lowest BCUT2D eigenvalue weighted by molar-refractivity contribution is 0.415. The first-order valence-corrected chi connectivity index (χ1v) is 6.97. The summed E-state index contributed by atoms with van der Waals surface area (Å²) in [5.41, 5.74) is 0.872. The molecule has 94 valence electrons. The molecule has 0 radical (unpaired) electrons. The van der Waals surface area contributed by atoms with E-state index in [4.69, 9.17) is 16.3 Å². The molecule has 18 heavy (non-hydrogen) atoms. The number of nitrogens with zero attached hydrogens (tertiary/aromatic N) is 1. The highest BCUT2D eigenvalue weighted by atomic mass is 79.9. The third-order valence-corrected chi connectivity index (χ3v) is 3.45. The van der Waals surface area contributed by atoms with Gasteiger partial charge in [0.15, 0.2) is 0 Å². The van der Waals surface area contributed by atoms with E-state index in [0.29, 0.717) is 10.8 Å². The molecule has 0 saturated heterocycles. The smallest absolute Gasteiger partial charge is 0.144 e. The maximum atomic E-state index is 5.85. The van der Waals surface area contributed by atoms with E-state index in [1.54, 1.807) is 19.4 Å². The van der Waals surface area contributed by atoms with Crippen molar-refractivity contribution in [2.24, 2.45) is 0 Å². The highest BCUT2D eigenvalue weighted by Crippen LogP contribution is 2.30. The molecule has 3 nitrogen and oxygen atoms in total. The highest BCUT2D eigenvalue weighted by molar-refractivity contribution is 9.10. The number of anilines is 2. The number of nitrogens with one attached hydrogen (secondary N) is 1. The van der Waals surface area contributed by atoms with Crippen LogP contribution in [0.4, 0.5) is 11.5 Å². The second-order valence-corrected chi connectivity index (χ2v) is 5.70. The van der Waals surface area contributed by atoms with Crippen LogP contribution in [0, 0.1) is 0 Å². The van der Waals surface area contributed by atoms with Gasteiger partial charge >= 0.3 is 0 Å². The van der Waals surface area contributed by atoms with Crippen molar-refractivity contribution in [2.45, 2.75) is 0 Å². The van der Waals surface area contributed by atoms with Crippen LogP contribution in [0.1, 0.15) is 0 Å². The normalized spacial score (nSPS) is 10.2. The maximum absolute atomic E-state index is 5.85. The molecule has 1 aromatic heterocycles. The molecule has 0 bridgehead atoms. The van der Waals surface area contributed by atoms with E-state index < -0.39 is 0 Å². The van der Waals surface area contributed by atoms with Crippen LogP contribution in [0.3, 0.4) is 0 Å². The van der Waals surface area contributed by atoms with Crippen molar-refractivity contribution in [2.75, 3.05) is 12.4 Å². The van der Waals surface area contributed by atoms with Crippen molar-refractivity contribution in [3.05, 3.63) is 44.4 Å². The van der Waals surface area contributed by atoms with E-state index >= 15 is 0 Å². The minimum absolute atomic E-state index is 0.583. The molecule has 0 atom stereocenters. The van der Waals surface area contributed by atoms with E-state index in [0.717, 1.165) is 20.4 Å². The van der Waals surface area contributed by atoms with Crippen LogP contribution in [0.5, 0.6) is 5.75 Å². The maximum Gasteiger partial charge on any atom is 0.144 e. The van der Waals surface area contributed by atoms with Crippen molar-refractivity contribution in [3.63, 3.8) is 0 Å². The van der Waals surface area contributed by atoms with Crippen molar-refractivity contribution >= 4 is 55.0 Å². The minimum atomic E-state index is 0.583. The summed E-state index contributed by atoms with van der Waals surface area (Å²) in [4.78, 5) is 4.21. The number of ether oxygens (including phenoxy) is 1. The molecule has 0 saturated carbocycles. The highest BCUT2D eigenvalue weighted by Gasteiger charge is 2.05. The lowest BCUT2D eigenvalue weighted by Crippen LogP contribution is -1.95. The van der Waals surface area contributed by atoms with Crippen molar-refractivity contribution in [1.82, 2.24) is 4.98 Å². The lowest BCUT2D eigenvalue weighted by Gasteiger charge is -2.10. The summed E-state index contributed by atoms with van der Waals surface area (Å²) in [6, 6.07) is 7.49. The quantitative estimate of drug-likeness (QED) is 0.797. The third kappa shape index (κ3) is 3.37. The second kappa shape index (κ2) is 5.91. The van der Waals surface area contributed by atoms with Crippen LogP contribution < -0.4 is 10.1 Å². The Kier molecular flexibility index (Phi) is 4.48. The zero-order chi connectivity index (χ0) is 13.1. The topological polar surface area (TPSA) is 34.1 Å². The van der Waals surface area contributed by atoms with E-state index in [1.807, 2.05) is 18.2 Å². The number of pyridine rings is 1. The molecule has 2 aromatic rings. The molecule has 1 heterocycles. The van der Waals surface area contributed by atoms with E-state index in [1.165, 1.54) is 0 Å². The van der Waals surface area contributed by atoms with Gasteiger partial charge in [-0.25, -0.2) is 4.98 Å². The monoisotopic (exact) mass is 390 g/mol. The Morgan fingerprint density at radius 3 is 2.67 bits per heavy atom. The summed E-state index contributed by atoms with van der Waals surface area (Å²) >= 11 is 12.7. The Labute approximate surface area is 127 Å². The standard InChI is InChI=1S/C12H9Br2ClN2O/c1-18-10-3-7(13)2-9(5-10)17-12-11(14)4-8(15)6-16-12/h2-6H,1H3,(H,16,17). The number of benzene rings is 1. The molecule has 0 amide bonds. The van der Waals surface area contributed by atoms with Crippen LogP contribution in [0.25, 0.3) is 0 Å². The summed E-state index contributed by atoms with van der Waals surface area (Å²) in [5.74, 6) is 1.46. The molecule has 1 aromatic carbocycles. The van der Waals surface area contributed by atoms with Crippen molar-refractivity contribution in [3.8, 4) is 5.75 Å². The van der Waals surface area contributed by atoms with Gasteiger partial charge < -0.3 is 10.1 Å². The molecular formula is C12H9Br2ClN2O. The van der Waals surface area contributed by atoms with Crippen LogP contribution >= 0.6 is 43.5 Å². The summed E-state index contributed by atoms with van der Waals surface area (Å²) in [6.45, 7) is 0. The Morgan fingerprint density at radius 2 is 2.00 bits per heavy atom. The lowest BCUT2D eigenvalue weighted by atomic mass is 10.3. The number of hydrogen-bond donors (Lipinski definition) is 1. The summed E-state index contributed by atoms with van der Waals surface area (Å²) in [6.07, 6.45) is 1.59. The van der Waals surface area contributed by atoms with E-state index in [-0.39, 0.29) is 0 Å². The average molecular weight is 392 g/mol.